The van der Waals surface area contributed by atoms with E-state index in [2.05, 4.69) is 10.2 Å². The van der Waals surface area contributed by atoms with E-state index in [0.29, 0.717) is 17.8 Å². The van der Waals surface area contributed by atoms with Crippen molar-refractivity contribution in [2.75, 3.05) is 26.0 Å². The highest BCUT2D eigenvalue weighted by molar-refractivity contribution is 6.04. The molecule has 4 bridgehead atoms. The first-order valence-electron chi connectivity index (χ1n) is 10.5. The number of hydrogen-bond donors (Lipinski definition) is 1. The monoisotopic (exact) mass is 379 g/mol. The van der Waals surface area contributed by atoms with Crippen LogP contribution in [-0.4, -0.2) is 36.0 Å². The Morgan fingerprint density at radius 1 is 1.14 bits per heavy atom. The van der Waals surface area contributed by atoms with Crippen LogP contribution >= 0.6 is 0 Å². The quantitative estimate of drug-likeness (QED) is 0.867. The van der Waals surface area contributed by atoms with Gasteiger partial charge in [-0.15, -0.1) is 0 Å². The number of fused-ring (bicyclic) bond motifs is 1. The Morgan fingerprint density at radius 3 is 2.61 bits per heavy atom. The van der Waals surface area contributed by atoms with Crippen LogP contribution in [0.5, 0.6) is 0 Å². The summed E-state index contributed by atoms with van der Waals surface area (Å²) in [6.45, 7) is 1.47. The number of carbonyl (C=O) groups is 1. The second-order valence-electron chi connectivity index (χ2n) is 9.54. The lowest BCUT2D eigenvalue weighted by molar-refractivity contribution is -0.127. The van der Waals surface area contributed by atoms with Gasteiger partial charge in [-0.25, -0.2) is 0 Å². The Morgan fingerprint density at radius 2 is 1.89 bits per heavy atom. The minimum absolute atomic E-state index is 0.00876. The molecule has 4 atom stereocenters. The number of hydrogen-bond acceptors (Lipinski definition) is 3. The van der Waals surface area contributed by atoms with Crippen molar-refractivity contribution in [3.05, 3.63) is 40.8 Å². The van der Waals surface area contributed by atoms with Crippen LogP contribution in [0.4, 0.5) is 5.69 Å². The summed E-state index contributed by atoms with van der Waals surface area (Å²) in [5, 5.41) is 4.75. The molecule has 4 aliphatic rings. The first-order chi connectivity index (χ1) is 13.5. The van der Waals surface area contributed by atoms with Gasteiger partial charge in [-0.2, -0.15) is 0 Å². The first-order valence-corrected chi connectivity index (χ1v) is 10.5. The summed E-state index contributed by atoms with van der Waals surface area (Å²) in [4.78, 5) is 28.3. The van der Waals surface area contributed by atoms with Crippen molar-refractivity contribution in [1.82, 2.24) is 9.47 Å². The van der Waals surface area contributed by atoms with Crippen LogP contribution in [0.1, 0.15) is 32.1 Å². The van der Waals surface area contributed by atoms with Crippen molar-refractivity contribution in [2.24, 2.45) is 23.2 Å². The third-order valence-corrected chi connectivity index (χ3v) is 7.50. The molecule has 0 saturated heterocycles. The molecule has 1 aromatic heterocycles. The van der Waals surface area contributed by atoms with Gasteiger partial charge in [0.25, 0.3) is 5.56 Å². The number of anilines is 1. The molecule has 2 aromatic rings. The van der Waals surface area contributed by atoms with Crippen molar-refractivity contribution in [3.63, 3.8) is 0 Å². The molecule has 1 amide bonds. The molecule has 4 aliphatic carbocycles. The third-order valence-electron chi connectivity index (χ3n) is 7.50. The molecular formula is C23H29N3O2. The first kappa shape index (κ1) is 17.9. The maximum atomic E-state index is 13.4. The van der Waals surface area contributed by atoms with Gasteiger partial charge in [0.05, 0.1) is 5.41 Å². The van der Waals surface area contributed by atoms with Crippen molar-refractivity contribution in [2.45, 2.75) is 38.6 Å². The SMILES string of the molecule is CN(C)CCn1ccc2c(NC(=O)[C@@]34CC5C[C@@H](C[C@@H]3C5)C4)cccc2c1=O. The highest BCUT2D eigenvalue weighted by Crippen LogP contribution is 2.65. The molecule has 148 valence electrons. The molecule has 6 rings (SSSR count). The fraction of sp³-hybridized carbons (Fsp3) is 0.565. The van der Waals surface area contributed by atoms with E-state index in [1.807, 2.05) is 44.6 Å². The molecule has 0 aliphatic heterocycles. The van der Waals surface area contributed by atoms with Gasteiger partial charge < -0.3 is 14.8 Å². The van der Waals surface area contributed by atoms with Gasteiger partial charge in [-0.3, -0.25) is 9.59 Å². The Kier molecular flexibility index (Phi) is 4.13. The van der Waals surface area contributed by atoms with E-state index in [0.717, 1.165) is 42.3 Å². The molecule has 1 aromatic carbocycles. The number of amides is 1. The number of aromatic nitrogens is 1. The minimum atomic E-state index is -0.156. The number of rotatable bonds is 5. The summed E-state index contributed by atoms with van der Waals surface area (Å²) in [6.07, 6.45) is 7.76. The van der Waals surface area contributed by atoms with E-state index < -0.39 is 0 Å². The lowest BCUT2D eigenvalue weighted by Crippen LogP contribution is -2.37. The molecule has 5 nitrogen and oxygen atoms in total. The molecule has 0 radical (unpaired) electrons. The second kappa shape index (κ2) is 6.45. The van der Waals surface area contributed by atoms with E-state index >= 15 is 0 Å². The lowest BCUT2D eigenvalue weighted by atomic mass is 9.75. The maximum absolute atomic E-state index is 13.4. The second-order valence-corrected chi connectivity index (χ2v) is 9.54. The van der Waals surface area contributed by atoms with Gasteiger partial charge in [-0.1, -0.05) is 6.07 Å². The number of benzene rings is 1. The van der Waals surface area contributed by atoms with Crippen LogP contribution in [0.25, 0.3) is 10.8 Å². The molecule has 4 fully saturated rings. The summed E-state index contributed by atoms with van der Waals surface area (Å²) in [7, 11) is 4.00. The van der Waals surface area contributed by atoms with Gasteiger partial charge in [0.1, 0.15) is 0 Å². The Hall–Kier alpha value is -2.14. The zero-order chi connectivity index (χ0) is 19.5. The van der Waals surface area contributed by atoms with E-state index in [-0.39, 0.29) is 16.9 Å². The Balaban J connectivity index is 1.44. The van der Waals surface area contributed by atoms with Crippen molar-refractivity contribution in [3.8, 4) is 0 Å². The number of nitrogens with one attached hydrogen (secondary N) is 1. The largest absolute Gasteiger partial charge is 0.325 e. The van der Waals surface area contributed by atoms with Crippen LogP contribution in [-0.2, 0) is 11.3 Å². The number of nitrogens with zero attached hydrogens (tertiary/aromatic N) is 2. The molecule has 5 heteroatoms. The smallest absolute Gasteiger partial charge is 0.258 e. The fourth-order valence-electron chi connectivity index (χ4n) is 6.32. The Labute approximate surface area is 165 Å². The maximum Gasteiger partial charge on any atom is 0.258 e. The highest BCUT2D eigenvalue weighted by Gasteiger charge is 2.61. The summed E-state index contributed by atoms with van der Waals surface area (Å²) in [5.41, 5.74) is 0.630. The third kappa shape index (κ3) is 2.71. The van der Waals surface area contributed by atoms with Gasteiger partial charge >= 0.3 is 0 Å². The average Bonchev–Trinajstić information content (AvgIpc) is 3.06. The molecule has 1 N–H and O–H groups in total. The van der Waals surface area contributed by atoms with E-state index in [4.69, 9.17) is 0 Å². The van der Waals surface area contributed by atoms with Gasteiger partial charge in [0.15, 0.2) is 0 Å². The van der Waals surface area contributed by atoms with Crippen LogP contribution < -0.4 is 10.9 Å². The summed E-state index contributed by atoms with van der Waals surface area (Å²) < 4.78 is 1.75. The summed E-state index contributed by atoms with van der Waals surface area (Å²) >= 11 is 0. The number of carbonyl (C=O) groups excluding carboxylic acids is 1. The van der Waals surface area contributed by atoms with Gasteiger partial charge in [0.2, 0.25) is 5.91 Å². The van der Waals surface area contributed by atoms with E-state index in [1.54, 1.807) is 4.57 Å². The molecule has 4 saturated carbocycles. The molecule has 0 spiro atoms. The summed E-state index contributed by atoms with van der Waals surface area (Å²) in [5.74, 6) is 2.25. The number of likely N-dealkylation sites (N-methyl/N-ethyl adjacent to an activating group) is 1. The lowest BCUT2D eigenvalue weighted by Gasteiger charge is -2.31. The average molecular weight is 380 g/mol. The standard InChI is InChI=1S/C23H29N3O2/c1-25(2)8-9-26-7-6-18-19(21(26)27)4-3-5-20(18)24-22(28)23-13-15-10-16(14-23)12-17(23)11-15/h3-7,15-17H,8-14H2,1-2H3,(H,24,28)/t15-,16?,17+,23-/m0/s1. The topological polar surface area (TPSA) is 54.3 Å². The van der Waals surface area contributed by atoms with Crippen molar-refractivity contribution < 1.29 is 4.79 Å². The predicted octanol–water partition coefficient (Wildman–Crippen LogP) is 3.33. The molecule has 1 heterocycles. The van der Waals surface area contributed by atoms with E-state index in [9.17, 15) is 9.59 Å². The van der Waals surface area contributed by atoms with Gasteiger partial charge in [0, 0.05) is 35.7 Å². The summed E-state index contributed by atoms with van der Waals surface area (Å²) in [6, 6.07) is 7.64. The van der Waals surface area contributed by atoms with Gasteiger partial charge in [-0.05, 0) is 82.2 Å². The predicted molar refractivity (Wildman–Crippen MR) is 111 cm³/mol. The highest BCUT2D eigenvalue weighted by atomic mass is 16.2. The number of pyridine rings is 1. The molecule has 28 heavy (non-hydrogen) atoms. The normalized spacial score (nSPS) is 30.5. The van der Waals surface area contributed by atoms with Crippen molar-refractivity contribution >= 4 is 22.4 Å². The van der Waals surface area contributed by atoms with Crippen LogP contribution in [0.3, 0.4) is 0 Å². The molecule has 1 unspecified atom stereocenters. The minimum Gasteiger partial charge on any atom is -0.325 e. The molecular weight excluding hydrogens is 350 g/mol. The van der Waals surface area contributed by atoms with Crippen LogP contribution in [0.2, 0.25) is 0 Å². The van der Waals surface area contributed by atoms with E-state index in [1.165, 1.54) is 19.3 Å². The van der Waals surface area contributed by atoms with Crippen LogP contribution in [0.15, 0.2) is 35.3 Å². The zero-order valence-corrected chi connectivity index (χ0v) is 16.8. The Bertz CT molecular complexity index is 979. The fourth-order valence-corrected chi connectivity index (χ4v) is 6.32. The zero-order valence-electron chi connectivity index (χ0n) is 16.8. The van der Waals surface area contributed by atoms with Crippen molar-refractivity contribution in [1.29, 1.82) is 0 Å². The van der Waals surface area contributed by atoms with Crippen LogP contribution in [0, 0.1) is 23.2 Å².